The summed E-state index contributed by atoms with van der Waals surface area (Å²) in [6.45, 7) is -1.11. The number of alkyl halides is 2. The second-order valence-corrected chi connectivity index (χ2v) is 4.03. The molecule has 3 nitrogen and oxygen atoms in total. The summed E-state index contributed by atoms with van der Waals surface area (Å²) in [4.78, 5) is 2.16. The zero-order valence-corrected chi connectivity index (χ0v) is 9.04. The van der Waals surface area contributed by atoms with Crippen molar-refractivity contribution in [2.75, 3.05) is 19.3 Å². The van der Waals surface area contributed by atoms with Gasteiger partial charge >= 0.3 is 6.61 Å². The van der Waals surface area contributed by atoms with Crippen LogP contribution >= 0.6 is 0 Å². The fourth-order valence-electron chi connectivity index (χ4n) is 1.94. The van der Waals surface area contributed by atoms with E-state index in [2.05, 4.69) is 9.64 Å². The molecule has 1 aromatic carbocycles. The molecule has 1 heterocycles. The molecule has 0 bridgehead atoms. The third-order valence-electron chi connectivity index (χ3n) is 2.75. The van der Waals surface area contributed by atoms with Gasteiger partial charge in [-0.15, -0.1) is 0 Å². The molecule has 0 saturated heterocycles. The first-order valence-electron chi connectivity index (χ1n) is 5.11. The van der Waals surface area contributed by atoms with Gasteiger partial charge in [0.1, 0.15) is 5.75 Å². The predicted octanol–water partition coefficient (Wildman–Crippen LogP) is 1.86. The highest BCUT2D eigenvalue weighted by molar-refractivity contribution is 5.57. The standard InChI is InChI=1S/C11H14F2N2O/c1-15-3-2-7-5-10(16-11(12)13)9(14)4-8(7)6-15/h4-5,11H,2-3,6,14H2,1H3. The largest absolute Gasteiger partial charge is 0.433 e. The van der Waals surface area contributed by atoms with Crippen molar-refractivity contribution >= 4 is 5.69 Å². The van der Waals surface area contributed by atoms with Crippen molar-refractivity contribution in [3.8, 4) is 5.75 Å². The van der Waals surface area contributed by atoms with Crippen LogP contribution in [-0.4, -0.2) is 25.1 Å². The lowest BCUT2D eigenvalue weighted by atomic mass is 9.99. The summed E-state index contributed by atoms with van der Waals surface area (Å²) in [6, 6.07) is 3.35. The monoisotopic (exact) mass is 228 g/mol. The third kappa shape index (κ3) is 2.24. The molecule has 0 aromatic heterocycles. The maximum Gasteiger partial charge on any atom is 0.387 e. The van der Waals surface area contributed by atoms with Crippen LogP contribution in [-0.2, 0) is 13.0 Å². The normalized spacial score (nSPS) is 16.2. The van der Waals surface area contributed by atoms with Gasteiger partial charge in [0.2, 0.25) is 0 Å². The summed E-state index contributed by atoms with van der Waals surface area (Å²) in [5.74, 6) is 0.0818. The molecule has 0 spiro atoms. The quantitative estimate of drug-likeness (QED) is 0.785. The summed E-state index contributed by atoms with van der Waals surface area (Å²) >= 11 is 0. The van der Waals surface area contributed by atoms with E-state index < -0.39 is 6.61 Å². The second kappa shape index (κ2) is 4.25. The molecular weight excluding hydrogens is 214 g/mol. The van der Waals surface area contributed by atoms with Crippen LogP contribution in [0.3, 0.4) is 0 Å². The highest BCUT2D eigenvalue weighted by Gasteiger charge is 2.17. The SMILES string of the molecule is CN1CCc2cc(OC(F)F)c(N)cc2C1. The third-order valence-corrected chi connectivity index (χ3v) is 2.75. The van der Waals surface area contributed by atoms with Gasteiger partial charge in [-0.3, -0.25) is 0 Å². The van der Waals surface area contributed by atoms with E-state index >= 15 is 0 Å². The minimum atomic E-state index is -2.83. The molecule has 0 aliphatic carbocycles. The summed E-state index contributed by atoms with van der Waals surface area (Å²) in [5.41, 5.74) is 8.07. The molecule has 5 heteroatoms. The molecule has 0 atom stereocenters. The van der Waals surface area contributed by atoms with Gasteiger partial charge in [-0.2, -0.15) is 8.78 Å². The van der Waals surface area contributed by atoms with Gasteiger partial charge in [0, 0.05) is 13.1 Å². The number of hydrogen-bond acceptors (Lipinski definition) is 3. The van der Waals surface area contributed by atoms with Crippen LogP contribution < -0.4 is 10.5 Å². The lowest BCUT2D eigenvalue weighted by molar-refractivity contribution is -0.0494. The van der Waals surface area contributed by atoms with Gasteiger partial charge in [0.05, 0.1) is 5.69 Å². The summed E-state index contributed by atoms with van der Waals surface area (Å²) in [5, 5.41) is 0. The van der Waals surface area contributed by atoms with Gasteiger partial charge < -0.3 is 15.4 Å². The van der Waals surface area contributed by atoms with Crippen LogP contribution in [0, 0.1) is 0 Å². The van der Waals surface area contributed by atoms with Crippen molar-refractivity contribution in [3.05, 3.63) is 23.3 Å². The molecule has 1 aromatic rings. The van der Waals surface area contributed by atoms with Gasteiger partial charge in [-0.05, 0) is 36.7 Å². The van der Waals surface area contributed by atoms with E-state index in [1.54, 1.807) is 12.1 Å². The molecule has 0 radical (unpaired) electrons. The van der Waals surface area contributed by atoms with Gasteiger partial charge in [0.25, 0.3) is 0 Å². The van der Waals surface area contributed by atoms with E-state index in [1.807, 2.05) is 7.05 Å². The van der Waals surface area contributed by atoms with E-state index in [0.29, 0.717) is 0 Å². The first kappa shape index (κ1) is 11.1. The Morgan fingerprint density at radius 1 is 1.38 bits per heavy atom. The second-order valence-electron chi connectivity index (χ2n) is 4.03. The summed E-state index contributed by atoms with van der Waals surface area (Å²) in [6.07, 6.45) is 0.839. The number of anilines is 1. The molecule has 2 N–H and O–H groups in total. The van der Waals surface area contributed by atoms with Gasteiger partial charge in [-0.25, -0.2) is 0 Å². The van der Waals surface area contributed by atoms with Crippen LogP contribution in [0.2, 0.25) is 0 Å². The molecule has 0 unspecified atom stereocenters. The fraction of sp³-hybridized carbons (Fsp3) is 0.455. The average molecular weight is 228 g/mol. The Hall–Kier alpha value is -1.36. The maximum absolute atomic E-state index is 12.1. The number of ether oxygens (including phenoxy) is 1. The first-order valence-corrected chi connectivity index (χ1v) is 5.11. The molecule has 88 valence electrons. The molecule has 0 amide bonds. The Balaban J connectivity index is 2.30. The molecule has 0 fully saturated rings. The Morgan fingerprint density at radius 2 is 2.12 bits per heavy atom. The highest BCUT2D eigenvalue weighted by atomic mass is 19.3. The smallest absolute Gasteiger partial charge is 0.387 e. The molecular formula is C11H14F2N2O. The number of hydrogen-bond donors (Lipinski definition) is 1. The number of likely N-dealkylation sites (N-methyl/N-ethyl adjacent to an activating group) is 1. The molecule has 16 heavy (non-hydrogen) atoms. The molecule has 0 saturated carbocycles. The number of rotatable bonds is 2. The molecule has 1 aliphatic rings. The fourth-order valence-corrected chi connectivity index (χ4v) is 1.94. The average Bonchev–Trinajstić information content (AvgIpc) is 2.19. The van der Waals surface area contributed by atoms with E-state index in [4.69, 9.17) is 5.73 Å². The van der Waals surface area contributed by atoms with E-state index in [-0.39, 0.29) is 11.4 Å². The highest BCUT2D eigenvalue weighted by Crippen LogP contribution is 2.30. The molecule has 1 aliphatic heterocycles. The number of fused-ring (bicyclic) bond motifs is 1. The number of benzene rings is 1. The van der Waals surface area contributed by atoms with Crippen molar-refractivity contribution < 1.29 is 13.5 Å². The summed E-state index contributed by atoms with van der Waals surface area (Å²) in [7, 11) is 2.02. The minimum absolute atomic E-state index is 0.0818. The predicted molar refractivity (Wildman–Crippen MR) is 57.5 cm³/mol. The lowest BCUT2D eigenvalue weighted by Gasteiger charge is -2.25. The first-order chi connectivity index (χ1) is 7.56. The number of nitrogen functional groups attached to an aromatic ring is 1. The van der Waals surface area contributed by atoms with Crippen molar-refractivity contribution in [2.45, 2.75) is 19.6 Å². The number of nitrogens with zero attached hydrogens (tertiary/aromatic N) is 1. The Morgan fingerprint density at radius 3 is 2.81 bits per heavy atom. The van der Waals surface area contributed by atoms with Crippen LogP contribution in [0.25, 0.3) is 0 Å². The zero-order chi connectivity index (χ0) is 11.7. The van der Waals surface area contributed by atoms with Gasteiger partial charge in [-0.1, -0.05) is 0 Å². The van der Waals surface area contributed by atoms with Crippen molar-refractivity contribution in [3.63, 3.8) is 0 Å². The van der Waals surface area contributed by atoms with Crippen molar-refractivity contribution in [2.24, 2.45) is 0 Å². The van der Waals surface area contributed by atoms with Crippen LogP contribution in [0.1, 0.15) is 11.1 Å². The topological polar surface area (TPSA) is 38.5 Å². The van der Waals surface area contributed by atoms with Crippen molar-refractivity contribution in [1.82, 2.24) is 4.90 Å². The lowest BCUT2D eigenvalue weighted by Crippen LogP contribution is -2.26. The van der Waals surface area contributed by atoms with Gasteiger partial charge in [0.15, 0.2) is 0 Å². The van der Waals surface area contributed by atoms with Crippen LogP contribution in [0.15, 0.2) is 12.1 Å². The number of halogens is 2. The van der Waals surface area contributed by atoms with E-state index in [9.17, 15) is 8.78 Å². The van der Waals surface area contributed by atoms with E-state index in [1.165, 1.54) is 0 Å². The Kier molecular flexibility index (Phi) is 2.96. The maximum atomic E-state index is 12.1. The Bertz CT molecular complexity index is 396. The minimum Gasteiger partial charge on any atom is -0.433 e. The summed E-state index contributed by atoms with van der Waals surface area (Å²) < 4.78 is 28.6. The zero-order valence-electron chi connectivity index (χ0n) is 9.04. The van der Waals surface area contributed by atoms with E-state index in [0.717, 1.165) is 30.6 Å². The number of nitrogens with two attached hydrogens (primary N) is 1. The van der Waals surface area contributed by atoms with Crippen LogP contribution in [0.5, 0.6) is 5.75 Å². The Labute approximate surface area is 92.8 Å². The van der Waals surface area contributed by atoms with Crippen LogP contribution in [0.4, 0.5) is 14.5 Å². The molecule has 2 rings (SSSR count). The van der Waals surface area contributed by atoms with Crippen molar-refractivity contribution in [1.29, 1.82) is 0 Å².